The number of fused-ring (bicyclic) bond motifs is 1. The quantitative estimate of drug-likeness (QED) is 0.827. The van der Waals surface area contributed by atoms with Crippen LogP contribution in [0, 0.1) is 11.8 Å². The maximum absolute atomic E-state index is 13.0. The van der Waals surface area contributed by atoms with Gasteiger partial charge in [-0.1, -0.05) is 37.7 Å². The Kier molecular flexibility index (Phi) is 5.32. The lowest BCUT2D eigenvalue weighted by Crippen LogP contribution is -2.46. The number of likely N-dealkylation sites (tertiary alicyclic amines) is 1. The van der Waals surface area contributed by atoms with E-state index in [1.54, 1.807) is 0 Å². The van der Waals surface area contributed by atoms with E-state index in [-0.39, 0.29) is 28.9 Å². The molecule has 2 amide bonds. The third kappa shape index (κ3) is 3.98. The summed E-state index contributed by atoms with van der Waals surface area (Å²) >= 11 is 1.37. The molecule has 134 valence electrons. The van der Waals surface area contributed by atoms with E-state index in [2.05, 4.69) is 4.98 Å². The summed E-state index contributed by atoms with van der Waals surface area (Å²) in [5.74, 6) is -0.175. The van der Waals surface area contributed by atoms with E-state index in [0.717, 1.165) is 11.1 Å². The number of rotatable bonds is 5. The molecule has 1 aliphatic rings. The van der Waals surface area contributed by atoms with Gasteiger partial charge in [0.1, 0.15) is 5.52 Å². The van der Waals surface area contributed by atoms with Gasteiger partial charge in [-0.15, -0.1) is 0 Å². The molecule has 0 bridgehead atoms. The maximum atomic E-state index is 13.0. The molecule has 1 aliphatic heterocycles. The zero-order valence-corrected chi connectivity index (χ0v) is 15.3. The number of benzene rings is 1. The number of carbonyl (C=O) groups excluding carboxylic acids is 2. The van der Waals surface area contributed by atoms with Gasteiger partial charge in [0.2, 0.25) is 11.8 Å². The number of primary amides is 1. The van der Waals surface area contributed by atoms with Gasteiger partial charge in [-0.25, -0.2) is 4.98 Å². The zero-order valence-electron chi connectivity index (χ0n) is 14.5. The average Bonchev–Trinajstić information content (AvgIpc) is 3.01. The van der Waals surface area contributed by atoms with Crippen LogP contribution in [-0.4, -0.2) is 40.0 Å². The number of carbonyl (C=O) groups is 2. The van der Waals surface area contributed by atoms with Crippen molar-refractivity contribution in [1.29, 1.82) is 0 Å². The SMILES string of the molecule is CC(C)[C@@H](Sc1nc2ccccc2o1)C(=O)N1CCC(C(N)=O)CC1. The lowest BCUT2D eigenvalue weighted by atomic mass is 9.95. The minimum absolute atomic E-state index is 0.0742. The number of thioether (sulfide) groups is 1. The van der Waals surface area contributed by atoms with Crippen LogP contribution in [0.15, 0.2) is 33.9 Å². The van der Waals surface area contributed by atoms with Crippen LogP contribution in [0.2, 0.25) is 0 Å². The Balaban J connectivity index is 1.70. The second-order valence-electron chi connectivity index (χ2n) is 6.73. The Hall–Kier alpha value is -2.02. The molecule has 0 spiro atoms. The molecule has 7 heteroatoms. The Morgan fingerprint density at radius 2 is 1.96 bits per heavy atom. The van der Waals surface area contributed by atoms with E-state index < -0.39 is 0 Å². The molecular formula is C18H23N3O3S. The molecule has 0 aliphatic carbocycles. The summed E-state index contributed by atoms with van der Waals surface area (Å²) < 4.78 is 5.75. The molecule has 2 aromatic rings. The molecule has 2 heterocycles. The third-order valence-electron chi connectivity index (χ3n) is 4.56. The van der Waals surface area contributed by atoms with Crippen molar-refractivity contribution in [3.05, 3.63) is 24.3 Å². The third-order valence-corrected chi connectivity index (χ3v) is 5.94. The maximum Gasteiger partial charge on any atom is 0.257 e. The van der Waals surface area contributed by atoms with Crippen LogP contribution in [0.4, 0.5) is 0 Å². The normalized spacial score (nSPS) is 17.2. The van der Waals surface area contributed by atoms with Gasteiger partial charge in [0.05, 0.1) is 5.25 Å². The number of aromatic nitrogens is 1. The first-order valence-electron chi connectivity index (χ1n) is 8.56. The van der Waals surface area contributed by atoms with Crippen LogP contribution >= 0.6 is 11.8 Å². The highest BCUT2D eigenvalue weighted by molar-refractivity contribution is 8.00. The van der Waals surface area contributed by atoms with Gasteiger partial charge in [0.25, 0.3) is 5.22 Å². The van der Waals surface area contributed by atoms with Crippen molar-refractivity contribution in [2.24, 2.45) is 17.6 Å². The van der Waals surface area contributed by atoms with Gasteiger partial charge in [0, 0.05) is 19.0 Å². The molecule has 1 saturated heterocycles. The predicted octanol–water partition coefficient (Wildman–Crippen LogP) is 2.67. The van der Waals surface area contributed by atoms with Crippen molar-refractivity contribution >= 4 is 34.7 Å². The first-order chi connectivity index (χ1) is 12.0. The molecule has 2 N–H and O–H groups in total. The van der Waals surface area contributed by atoms with Crippen molar-refractivity contribution in [3.8, 4) is 0 Å². The molecule has 6 nitrogen and oxygen atoms in total. The van der Waals surface area contributed by atoms with Crippen LogP contribution in [0.1, 0.15) is 26.7 Å². The lowest BCUT2D eigenvalue weighted by Gasteiger charge is -2.33. The summed E-state index contributed by atoms with van der Waals surface area (Å²) in [5, 5.41) is 0.249. The standard InChI is InChI=1S/C18H23N3O3S/c1-11(2)15(17(23)21-9-7-12(8-10-21)16(19)22)25-18-20-13-5-3-4-6-14(13)24-18/h3-6,11-12,15H,7-10H2,1-2H3,(H2,19,22)/t15-/m1/s1. The van der Waals surface area contributed by atoms with Crippen LogP contribution in [0.5, 0.6) is 0 Å². The highest BCUT2D eigenvalue weighted by Gasteiger charge is 2.33. The minimum Gasteiger partial charge on any atom is -0.431 e. The largest absolute Gasteiger partial charge is 0.431 e. The molecule has 1 atom stereocenters. The summed E-state index contributed by atoms with van der Waals surface area (Å²) in [6.07, 6.45) is 1.28. The molecule has 0 unspecified atom stereocenters. The van der Waals surface area contributed by atoms with Crippen LogP contribution in [0.3, 0.4) is 0 Å². The Bertz CT molecular complexity index is 733. The van der Waals surface area contributed by atoms with Gasteiger partial charge < -0.3 is 15.1 Å². The first-order valence-corrected chi connectivity index (χ1v) is 9.44. The lowest BCUT2D eigenvalue weighted by molar-refractivity contribution is -0.135. The molecule has 1 aromatic carbocycles. The number of hydrogen-bond donors (Lipinski definition) is 1. The summed E-state index contributed by atoms with van der Waals surface area (Å²) in [6, 6.07) is 7.57. The monoisotopic (exact) mass is 361 g/mol. The number of para-hydroxylation sites is 2. The molecular weight excluding hydrogens is 338 g/mol. The molecule has 3 rings (SSSR count). The Morgan fingerprint density at radius 1 is 1.28 bits per heavy atom. The summed E-state index contributed by atoms with van der Waals surface area (Å²) in [4.78, 5) is 30.5. The van der Waals surface area contributed by atoms with Crippen molar-refractivity contribution in [3.63, 3.8) is 0 Å². The molecule has 0 saturated carbocycles. The van der Waals surface area contributed by atoms with Gasteiger partial charge in [-0.3, -0.25) is 9.59 Å². The van der Waals surface area contributed by atoms with E-state index in [9.17, 15) is 9.59 Å². The van der Waals surface area contributed by atoms with Gasteiger partial charge >= 0.3 is 0 Å². The van der Waals surface area contributed by atoms with Crippen LogP contribution in [0.25, 0.3) is 11.1 Å². The number of nitrogens with two attached hydrogens (primary N) is 1. The Morgan fingerprint density at radius 3 is 2.56 bits per heavy atom. The molecule has 1 aromatic heterocycles. The van der Waals surface area contributed by atoms with E-state index >= 15 is 0 Å². The summed E-state index contributed by atoms with van der Waals surface area (Å²) in [7, 11) is 0. The number of oxazole rings is 1. The predicted molar refractivity (Wildman–Crippen MR) is 97.0 cm³/mol. The fourth-order valence-corrected chi connectivity index (χ4v) is 4.07. The van der Waals surface area contributed by atoms with Crippen molar-refractivity contribution in [2.75, 3.05) is 13.1 Å². The van der Waals surface area contributed by atoms with Crippen LogP contribution in [-0.2, 0) is 9.59 Å². The second-order valence-corrected chi connectivity index (χ2v) is 7.82. The molecule has 1 fully saturated rings. The summed E-state index contributed by atoms with van der Waals surface area (Å²) in [6.45, 7) is 5.19. The van der Waals surface area contributed by atoms with E-state index in [0.29, 0.717) is 31.2 Å². The smallest absolute Gasteiger partial charge is 0.257 e. The zero-order chi connectivity index (χ0) is 18.0. The topological polar surface area (TPSA) is 89.4 Å². The number of amides is 2. The van der Waals surface area contributed by atoms with Gasteiger partial charge in [0.15, 0.2) is 5.58 Å². The highest BCUT2D eigenvalue weighted by atomic mass is 32.2. The van der Waals surface area contributed by atoms with Crippen molar-refractivity contribution in [1.82, 2.24) is 9.88 Å². The fraction of sp³-hybridized carbons (Fsp3) is 0.500. The fourth-order valence-electron chi connectivity index (χ4n) is 3.05. The highest BCUT2D eigenvalue weighted by Crippen LogP contribution is 2.32. The molecule has 0 radical (unpaired) electrons. The van der Waals surface area contributed by atoms with Gasteiger partial charge in [-0.05, 0) is 30.9 Å². The average molecular weight is 361 g/mol. The Labute approximate surface area is 151 Å². The number of hydrogen-bond acceptors (Lipinski definition) is 5. The van der Waals surface area contributed by atoms with E-state index in [1.165, 1.54) is 11.8 Å². The number of nitrogens with zero attached hydrogens (tertiary/aromatic N) is 2. The minimum atomic E-state index is -0.270. The first kappa shape index (κ1) is 17.8. The van der Waals surface area contributed by atoms with E-state index in [4.69, 9.17) is 10.2 Å². The van der Waals surface area contributed by atoms with E-state index in [1.807, 2.05) is 43.0 Å². The number of piperidine rings is 1. The van der Waals surface area contributed by atoms with Crippen molar-refractivity contribution in [2.45, 2.75) is 37.2 Å². The van der Waals surface area contributed by atoms with Gasteiger partial charge in [-0.2, -0.15) is 0 Å². The molecule has 25 heavy (non-hydrogen) atoms. The van der Waals surface area contributed by atoms with Crippen molar-refractivity contribution < 1.29 is 14.0 Å². The summed E-state index contributed by atoms with van der Waals surface area (Å²) in [5.41, 5.74) is 6.89. The second kappa shape index (κ2) is 7.47. The van der Waals surface area contributed by atoms with Crippen LogP contribution < -0.4 is 5.73 Å².